The van der Waals surface area contributed by atoms with Gasteiger partial charge >= 0.3 is 24.2 Å². The van der Waals surface area contributed by atoms with E-state index in [9.17, 15) is 42.3 Å². The molecule has 0 radical (unpaired) electrons. The smallest absolute Gasteiger partial charge is 0.416 e. The lowest BCUT2D eigenvalue weighted by Crippen LogP contribution is -2.64. The highest BCUT2D eigenvalue weighted by atomic mass is 19.4. The fourth-order valence-electron chi connectivity index (χ4n) is 5.38. The molecule has 220 valence electrons. The molecule has 14 heteroatoms. The maximum Gasteiger partial charge on any atom is 0.416 e. The highest BCUT2D eigenvalue weighted by Crippen LogP contribution is 2.37. The number of hydrogen-bond donors (Lipinski definition) is 2. The molecule has 0 saturated carbocycles. The second kappa shape index (κ2) is 12.1. The van der Waals surface area contributed by atoms with Crippen LogP contribution in [-0.4, -0.2) is 88.7 Å². The third-order valence-electron chi connectivity index (χ3n) is 7.30. The van der Waals surface area contributed by atoms with Gasteiger partial charge in [-0.25, -0.2) is 9.59 Å². The molecule has 0 aliphatic carbocycles. The van der Waals surface area contributed by atoms with Crippen molar-refractivity contribution < 1.29 is 51.7 Å². The molecule has 2 fully saturated rings. The molecule has 1 aromatic rings. The van der Waals surface area contributed by atoms with E-state index in [4.69, 9.17) is 9.47 Å². The van der Waals surface area contributed by atoms with E-state index in [-0.39, 0.29) is 32.4 Å². The van der Waals surface area contributed by atoms with Crippen molar-refractivity contribution in [2.75, 3.05) is 20.2 Å². The Morgan fingerprint density at radius 3 is 2.33 bits per heavy atom. The Bertz CT molecular complexity index is 1140. The lowest BCUT2D eigenvalue weighted by Gasteiger charge is -2.40. The highest BCUT2D eigenvalue weighted by Gasteiger charge is 2.53. The molecular formula is C26H32F3N3O8. The number of amides is 3. The Kier molecular flexibility index (Phi) is 9.31. The average molecular weight is 572 g/mol. The van der Waals surface area contributed by atoms with Gasteiger partial charge in [0, 0.05) is 26.4 Å². The van der Waals surface area contributed by atoms with E-state index in [2.05, 4.69) is 5.32 Å². The number of hydrogen-bond acceptors (Lipinski definition) is 7. The van der Waals surface area contributed by atoms with Crippen molar-refractivity contribution in [1.29, 1.82) is 0 Å². The van der Waals surface area contributed by atoms with Crippen LogP contribution in [0.1, 0.15) is 50.7 Å². The Morgan fingerprint density at radius 1 is 1.12 bits per heavy atom. The van der Waals surface area contributed by atoms with Gasteiger partial charge in [-0.1, -0.05) is 12.1 Å². The molecule has 3 amide bonds. The maximum absolute atomic E-state index is 14.0. The number of carbonyl (C=O) groups excluding carboxylic acids is 4. The van der Waals surface area contributed by atoms with Gasteiger partial charge in [-0.05, 0) is 50.3 Å². The molecule has 2 aliphatic heterocycles. The van der Waals surface area contributed by atoms with Crippen LogP contribution in [0, 0.1) is 0 Å². The lowest BCUT2D eigenvalue weighted by molar-refractivity contribution is -0.158. The predicted octanol–water partition coefficient (Wildman–Crippen LogP) is 2.36. The van der Waals surface area contributed by atoms with Crippen LogP contribution in [0.5, 0.6) is 0 Å². The van der Waals surface area contributed by atoms with Gasteiger partial charge in [0.15, 0.2) is 6.04 Å². The van der Waals surface area contributed by atoms with Crippen molar-refractivity contribution in [1.82, 2.24) is 15.1 Å². The summed E-state index contributed by atoms with van der Waals surface area (Å²) in [6.45, 7) is 2.71. The van der Waals surface area contributed by atoms with E-state index < -0.39 is 65.3 Å². The van der Waals surface area contributed by atoms with E-state index in [1.165, 1.54) is 24.0 Å². The van der Waals surface area contributed by atoms with Crippen molar-refractivity contribution in [2.45, 2.75) is 75.9 Å². The van der Waals surface area contributed by atoms with Gasteiger partial charge in [0.25, 0.3) is 0 Å². The van der Waals surface area contributed by atoms with Gasteiger partial charge in [-0.3, -0.25) is 19.3 Å². The van der Waals surface area contributed by atoms with Crippen LogP contribution in [0.15, 0.2) is 24.3 Å². The summed E-state index contributed by atoms with van der Waals surface area (Å²) >= 11 is 0. The second-order valence-corrected chi connectivity index (χ2v) is 9.92. The molecular weight excluding hydrogens is 539 g/mol. The van der Waals surface area contributed by atoms with Crippen LogP contribution in [0.25, 0.3) is 0 Å². The minimum absolute atomic E-state index is 0.0826. The van der Waals surface area contributed by atoms with Crippen LogP contribution in [0.3, 0.4) is 0 Å². The summed E-state index contributed by atoms with van der Waals surface area (Å²) in [5.41, 5.74) is -2.25. The third kappa shape index (κ3) is 6.48. The van der Waals surface area contributed by atoms with Crippen molar-refractivity contribution >= 4 is 29.8 Å². The Morgan fingerprint density at radius 2 is 1.77 bits per heavy atom. The number of esters is 2. The van der Waals surface area contributed by atoms with Gasteiger partial charge < -0.3 is 24.8 Å². The minimum atomic E-state index is -4.58. The first-order valence-electron chi connectivity index (χ1n) is 12.7. The zero-order valence-electron chi connectivity index (χ0n) is 22.3. The van der Waals surface area contributed by atoms with Gasteiger partial charge in [-0.2, -0.15) is 13.2 Å². The van der Waals surface area contributed by atoms with Crippen LogP contribution in [0.4, 0.5) is 18.0 Å². The molecule has 1 aromatic carbocycles. The average Bonchev–Trinajstić information content (AvgIpc) is 3.54. The molecule has 3 rings (SSSR count). The van der Waals surface area contributed by atoms with Crippen LogP contribution in [0.2, 0.25) is 0 Å². The number of benzene rings is 1. The highest BCUT2D eigenvalue weighted by molar-refractivity contribution is 5.97. The number of nitrogens with zero attached hydrogens (tertiary/aromatic N) is 2. The first-order chi connectivity index (χ1) is 18.7. The largest absolute Gasteiger partial charge is 0.467 e. The summed E-state index contributed by atoms with van der Waals surface area (Å²) in [6.07, 6.45) is -6.12. The van der Waals surface area contributed by atoms with Crippen LogP contribution in [-0.2, 0) is 41.2 Å². The van der Waals surface area contributed by atoms with Crippen molar-refractivity contribution in [3.05, 3.63) is 35.4 Å². The predicted molar refractivity (Wildman–Crippen MR) is 132 cm³/mol. The van der Waals surface area contributed by atoms with Crippen molar-refractivity contribution in [3.8, 4) is 0 Å². The van der Waals surface area contributed by atoms with Gasteiger partial charge in [0.05, 0.1) is 12.7 Å². The monoisotopic (exact) mass is 571 g/mol. The summed E-state index contributed by atoms with van der Waals surface area (Å²) in [5, 5.41) is 12.1. The van der Waals surface area contributed by atoms with Gasteiger partial charge in [0.1, 0.15) is 17.7 Å². The van der Waals surface area contributed by atoms with E-state index in [0.29, 0.717) is 18.4 Å². The second-order valence-electron chi connectivity index (χ2n) is 9.92. The molecule has 2 saturated heterocycles. The number of carboxylic acid groups (broad SMARTS) is 1. The zero-order valence-corrected chi connectivity index (χ0v) is 22.3. The molecule has 0 bridgehead atoms. The number of likely N-dealkylation sites (tertiary alicyclic amines) is 2. The fourth-order valence-corrected chi connectivity index (χ4v) is 5.38. The Labute approximate surface area is 228 Å². The van der Waals surface area contributed by atoms with Crippen LogP contribution >= 0.6 is 0 Å². The fraction of sp³-hybridized carbons (Fsp3) is 0.577. The summed E-state index contributed by atoms with van der Waals surface area (Å²) in [7, 11) is 1.08. The topological polar surface area (TPSA) is 143 Å². The van der Waals surface area contributed by atoms with E-state index in [1.807, 2.05) is 0 Å². The normalized spacial score (nSPS) is 22.4. The first-order valence-corrected chi connectivity index (χ1v) is 12.7. The number of methoxy groups -OCH3 is 1. The number of carbonyl (C=O) groups is 5. The minimum Gasteiger partial charge on any atom is -0.467 e. The molecule has 0 spiro atoms. The number of ether oxygens (including phenoxy) is 2. The SMILES string of the molecule is COC(=O)C(NC(=O)C1(Cc2ccc(C(F)(F)F)cc2)CCCN1C(=O)C1CCCN1C(=O)O)C(C)OC(C)=O. The third-order valence-corrected chi connectivity index (χ3v) is 7.30. The Balaban J connectivity index is 2.02. The van der Waals surface area contributed by atoms with Gasteiger partial charge in [-0.15, -0.1) is 0 Å². The first kappa shape index (κ1) is 30.7. The molecule has 4 unspecified atom stereocenters. The summed E-state index contributed by atoms with van der Waals surface area (Å²) in [6, 6.07) is 1.66. The van der Waals surface area contributed by atoms with Gasteiger partial charge in [0.2, 0.25) is 11.8 Å². The van der Waals surface area contributed by atoms with Crippen molar-refractivity contribution in [3.63, 3.8) is 0 Å². The summed E-state index contributed by atoms with van der Waals surface area (Å²) in [4.78, 5) is 65.8. The number of nitrogens with one attached hydrogen (secondary N) is 1. The maximum atomic E-state index is 14.0. The molecule has 2 aliphatic rings. The van der Waals surface area contributed by atoms with Crippen molar-refractivity contribution in [2.24, 2.45) is 0 Å². The molecule has 0 aromatic heterocycles. The molecule has 11 nitrogen and oxygen atoms in total. The lowest BCUT2D eigenvalue weighted by atomic mass is 9.85. The van der Waals surface area contributed by atoms with E-state index in [0.717, 1.165) is 31.1 Å². The standard InChI is InChI=1S/C26H32F3N3O8/c1-15(40-16(2)33)20(22(35)39-3)30-23(36)25(14-17-7-9-18(10-8-17)26(27,28)29)11-5-13-32(25)21(34)19-6-4-12-31(19)24(37)38/h7-10,15,19-20H,4-6,11-14H2,1-3H3,(H,30,36)(H,37,38). The summed E-state index contributed by atoms with van der Waals surface area (Å²) < 4.78 is 49.3. The van der Waals surface area contributed by atoms with Crippen LogP contribution < -0.4 is 5.32 Å². The quantitative estimate of drug-likeness (QED) is 0.453. The molecule has 2 N–H and O–H groups in total. The van der Waals surface area contributed by atoms with E-state index in [1.54, 1.807) is 0 Å². The Hall–Kier alpha value is -3.84. The molecule has 40 heavy (non-hydrogen) atoms. The summed E-state index contributed by atoms with van der Waals surface area (Å²) in [5.74, 6) is -3.06. The number of halogens is 3. The van der Waals surface area contributed by atoms with E-state index >= 15 is 0 Å². The zero-order chi connectivity index (χ0) is 29.8. The molecule has 2 heterocycles. The number of rotatable bonds is 8. The number of alkyl halides is 3. The molecule has 4 atom stereocenters.